The molecular formula is C34H24O5. The van der Waals surface area contributed by atoms with Gasteiger partial charge in [0.1, 0.15) is 17.2 Å². The molecule has 0 amide bonds. The summed E-state index contributed by atoms with van der Waals surface area (Å²) in [4.78, 5) is 13.1. The van der Waals surface area contributed by atoms with Crippen LogP contribution in [0.1, 0.15) is 16.7 Å². The Balaban J connectivity index is 1.59. The van der Waals surface area contributed by atoms with Gasteiger partial charge in [-0.3, -0.25) is 0 Å². The Morgan fingerprint density at radius 3 is 1.77 bits per heavy atom. The highest BCUT2D eigenvalue weighted by molar-refractivity contribution is 6.19. The van der Waals surface area contributed by atoms with Gasteiger partial charge in [0.25, 0.3) is 0 Å². The normalized spacial score (nSPS) is 13.8. The molecular weight excluding hydrogens is 488 g/mol. The predicted octanol–water partition coefficient (Wildman–Crippen LogP) is 7.47. The van der Waals surface area contributed by atoms with E-state index in [0.29, 0.717) is 16.7 Å². The van der Waals surface area contributed by atoms with Gasteiger partial charge in [-0.25, -0.2) is 4.79 Å². The van der Waals surface area contributed by atoms with E-state index in [9.17, 15) is 4.79 Å². The standard InChI is InChI=1S/C34H24O5/c1-36-23-15-11-21(12-16-23)34(22-13-17-24(37-2)18-14-22)20-19-28-25-7-3-5-9-27(25)31-30(32(28)39-34)26-8-4-6-10-29(26)33(35)38-31/h3-20H,1-2H3. The molecule has 0 aliphatic carbocycles. The van der Waals surface area contributed by atoms with Gasteiger partial charge < -0.3 is 18.6 Å². The van der Waals surface area contributed by atoms with Gasteiger partial charge in [0.05, 0.1) is 25.0 Å². The number of fused-ring (bicyclic) bond motifs is 8. The number of rotatable bonds is 4. The molecule has 7 rings (SSSR count). The van der Waals surface area contributed by atoms with Crippen LogP contribution in [0.3, 0.4) is 0 Å². The quantitative estimate of drug-likeness (QED) is 0.181. The third kappa shape index (κ3) is 3.43. The molecule has 5 aromatic carbocycles. The Hall–Kier alpha value is -5.03. The predicted molar refractivity (Wildman–Crippen MR) is 154 cm³/mol. The lowest BCUT2D eigenvalue weighted by Gasteiger charge is -2.37. The van der Waals surface area contributed by atoms with Gasteiger partial charge >= 0.3 is 5.63 Å². The van der Waals surface area contributed by atoms with Crippen molar-refractivity contribution in [2.45, 2.75) is 5.60 Å². The maximum Gasteiger partial charge on any atom is 0.344 e. The van der Waals surface area contributed by atoms with Crippen LogP contribution in [-0.4, -0.2) is 14.2 Å². The van der Waals surface area contributed by atoms with Crippen LogP contribution in [0, 0.1) is 0 Å². The van der Waals surface area contributed by atoms with E-state index in [1.807, 2.05) is 91.0 Å². The van der Waals surface area contributed by atoms with Crippen molar-refractivity contribution in [1.29, 1.82) is 0 Å². The molecule has 2 heterocycles. The molecule has 1 aliphatic rings. The van der Waals surface area contributed by atoms with E-state index in [1.165, 1.54) is 0 Å². The monoisotopic (exact) mass is 512 g/mol. The van der Waals surface area contributed by atoms with E-state index in [4.69, 9.17) is 18.6 Å². The summed E-state index contributed by atoms with van der Waals surface area (Å²) in [5.74, 6) is 2.18. The molecule has 0 bridgehead atoms. The fourth-order valence-corrected chi connectivity index (χ4v) is 5.61. The third-order valence-electron chi connectivity index (χ3n) is 7.56. The Labute approximate surface area is 224 Å². The highest BCUT2D eigenvalue weighted by Gasteiger charge is 2.39. The Bertz CT molecular complexity index is 1920. The van der Waals surface area contributed by atoms with Crippen LogP contribution >= 0.6 is 0 Å². The maximum absolute atomic E-state index is 13.1. The third-order valence-corrected chi connectivity index (χ3v) is 7.56. The molecule has 6 aromatic rings. The van der Waals surface area contributed by atoms with Gasteiger partial charge in [0.15, 0.2) is 11.2 Å². The SMILES string of the molecule is COc1ccc(C2(c3ccc(OC)cc3)C=Cc3c(c4c5ccccc5c(=O)oc4c4ccccc34)O2)cc1. The van der Waals surface area contributed by atoms with Gasteiger partial charge in [0.2, 0.25) is 0 Å². The minimum Gasteiger partial charge on any atom is -0.497 e. The summed E-state index contributed by atoms with van der Waals surface area (Å²) in [5.41, 5.74) is 1.98. The van der Waals surface area contributed by atoms with E-state index < -0.39 is 5.60 Å². The molecule has 190 valence electrons. The van der Waals surface area contributed by atoms with E-state index in [2.05, 4.69) is 12.2 Å². The van der Waals surface area contributed by atoms with Crippen LogP contribution in [0.25, 0.3) is 38.6 Å². The zero-order valence-electron chi connectivity index (χ0n) is 21.4. The molecule has 5 nitrogen and oxygen atoms in total. The summed E-state index contributed by atoms with van der Waals surface area (Å²) in [6.45, 7) is 0. The first-order valence-corrected chi connectivity index (χ1v) is 12.7. The van der Waals surface area contributed by atoms with Gasteiger partial charge in [-0.15, -0.1) is 0 Å². The zero-order valence-corrected chi connectivity index (χ0v) is 21.4. The van der Waals surface area contributed by atoms with E-state index in [1.54, 1.807) is 20.3 Å². The molecule has 0 N–H and O–H groups in total. The average molecular weight is 513 g/mol. The second-order valence-electron chi connectivity index (χ2n) is 9.56. The number of methoxy groups -OCH3 is 2. The van der Waals surface area contributed by atoms with Crippen molar-refractivity contribution in [3.63, 3.8) is 0 Å². The second-order valence-corrected chi connectivity index (χ2v) is 9.56. The van der Waals surface area contributed by atoms with Crippen molar-refractivity contribution in [3.8, 4) is 17.2 Å². The highest BCUT2D eigenvalue weighted by Crippen LogP contribution is 2.49. The fraction of sp³-hybridized carbons (Fsp3) is 0.0882. The van der Waals surface area contributed by atoms with Crippen LogP contribution in [0.2, 0.25) is 0 Å². The molecule has 0 unspecified atom stereocenters. The molecule has 0 fully saturated rings. The lowest BCUT2D eigenvalue weighted by molar-refractivity contribution is 0.164. The smallest absolute Gasteiger partial charge is 0.344 e. The van der Waals surface area contributed by atoms with E-state index in [0.717, 1.165) is 49.7 Å². The fourth-order valence-electron chi connectivity index (χ4n) is 5.61. The van der Waals surface area contributed by atoms with Crippen molar-refractivity contribution in [2.75, 3.05) is 14.2 Å². The first-order chi connectivity index (χ1) is 19.1. The summed E-state index contributed by atoms with van der Waals surface area (Å²) in [5, 5.41) is 3.89. The van der Waals surface area contributed by atoms with Gasteiger partial charge in [-0.2, -0.15) is 0 Å². The molecule has 1 aliphatic heterocycles. The molecule has 5 heteroatoms. The molecule has 1 aromatic heterocycles. The summed E-state index contributed by atoms with van der Waals surface area (Å²) in [6.07, 6.45) is 4.22. The van der Waals surface area contributed by atoms with E-state index >= 15 is 0 Å². The van der Waals surface area contributed by atoms with Crippen LogP contribution in [0.5, 0.6) is 17.2 Å². The Morgan fingerprint density at radius 2 is 1.18 bits per heavy atom. The largest absolute Gasteiger partial charge is 0.497 e. The molecule has 0 atom stereocenters. The average Bonchev–Trinajstić information content (AvgIpc) is 3.01. The van der Waals surface area contributed by atoms with Crippen LogP contribution in [0.15, 0.2) is 112 Å². The Morgan fingerprint density at radius 1 is 0.641 bits per heavy atom. The molecule has 0 saturated heterocycles. The van der Waals surface area contributed by atoms with Crippen molar-refractivity contribution in [3.05, 3.63) is 130 Å². The van der Waals surface area contributed by atoms with Crippen molar-refractivity contribution < 1.29 is 18.6 Å². The molecule has 39 heavy (non-hydrogen) atoms. The van der Waals surface area contributed by atoms with Gasteiger partial charge in [-0.1, -0.05) is 66.7 Å². The minimum atomic E-state index is -0.960. The zero-order chi connectivity index (χ0) is 26.6. The maximum atomic E-state index is 13.1. The van der Waals surface area contributed by atoms with Crippen molar-refractivity contribution in [2.24, 2.45) is 0 Å². The number of ether oxygens (including phenoxy) is 3. The summed E-state index contributed by atoms with van der Waals surface area (Å²) in [7, 11) is 3.30. The first kappa shape index (κ1) is 23.1. The number of hydrogen-bond acceptors (Lipinski definition) is 5. The number of benzene rings is 5. The van der Waals surface area contributed by atoms with Crippen molar-refractivity contribution in [1.82, 2.24) is 0 Å². The first-order valence-electron chi connectivity index (χ1n) is 12.7. The lowest BCUT2D eigenvalue weighted by Crippen LogP contribution is -2.34. The highest BCUT2D eigenvalue weighted by atomic mass is 16.5. The van der Waals surface area contributed by atoms with Crippen LogP contribution in [-0.2, 0) is 5.60 Å². The van der Waals surface area contributed by atoms with E-state index in [-0.39, 0.29) is 5.63 Å². The molecule has 0 radical (unpaired) electrons. The summed E-state index contributed by atoms with van der Waals surface area (Å²) < 4.78 is 24.0. The second kappa shape index (κ2) is 8.77. The molecule has 0 spiro atoms. The van der Waals surface area contributed by atoms with Crippen LogP contribution < -0.4 is 19.8 Å². The van der Waals surface area contributed by atoms with Crippen molar-refractivity contribution >= 4 is 38.6 Å². The topological polar surface area (TPSA) is 57.9 Å². The minimum absolute atomic E-state index is 0.369. The molecule has 0 saturated carbocycles. The summed E-state index contributed by atoms with van der Waals surface area (Å²) >= 11 is 0. The number of hydrogen-bond donors (Lipinski definition) is 0. The lowest BCUT2D eigenvalue weighted by atomic mass is 9.82. The Kier molecular flexibility index (Phi) is 5.20. The summed E-state index contributed by atoms with van der Waals surface area (Å²) in [6, 6.07) is 31.3. The van der Waals surface area contributed by atoms with Crippen LogP contribution in [0.4, 0.5) is 0 Å². The van der Waals surface area contributed by atoms with Gasteiger partial charge in [-0.05, 0) is 47.9 Å². The van der Waals surface area contributed by atoms with Gasteiger partial charge in [0, 0.05) is 27.5 Å².